The van der Waals surface area contributed by atoms with E-state index < -0.39 is 10.0 Å². The third-order valence-corrected chi connectivity index (χ3v) is 7.73. The van der Waals surface area contributed by atoms with Gasteiger partial charge >= 0.3 is 0 Å². The molecule has 2 aromatic carbocycles. The van der Waals surface area contributed by atoms with Crippen molar-refractivity contribution in [1.29, 1.82) is 0 Å². The van der Waals surface area contributed by atoms with Crippen LogP contribution < -0.4 is 5.32 Å². The van der Waals surface area contributed by atoms with E-state index in [4.69, 9.17) is 11.6 Å². The summed E-state index contributed by atoms with van der Waals surface area (Å²) in [5.41, 5.74) is 1.65. The lowest BCUT2D eigenvalue weighted by Gasteiger charge is -2.15. The monoisotopic (exact) mass is 438 g/mol. The van der Waals surface area contributed by atoms with Crippen LogP contribution in [0.3, 0.4) is 0 Å². The first kappa shape index (κ1) is 21.2. The van der Waals surface area contributed by atoms with Crippen molar-refractivity contribution >= 4 is 39.3 Å². The van der Waals surface area contributed by atoms with Gasteiger partial charge in [-0.3, -0.25) is 4.79 Å². The van der Waals surface area contributed by atoms with E-state index in [1.165, 1.54) is 22.0 Å². The van der Waals surface area contributed by atoms with Crippen LogP contribution in [0, 0.1) is 0 Å². The Morgan fingerprint density at radius 3 is 2.32 bits per heavy atom. The molecule has 1 heterocycles. The van der Waals surface area contributed by atoms with Crippen molar-refractivity contribution in [3.8, 4) is 0 Å². The molecule has 0 aromatic heterocycles. The maximum absolute atomic E-state index is 12.5. The minimum Gasteiger partial charge on any atom is -0.351 e. The van der Waals surface area contributed by atoms with Crippen LogP contribution >= 0.6 is 23.4 Å². The quantitative estimate of drug-likeness (QED) is 0.637. The van der Waals surface area contributed by atoms with Crippen molar-refractivity contribution in [3.05, 3.63) is 64.7 Å². The number of hydrogen-bond donors (Lipinski definition) is 1. The highest BCUT2D eigenvalue weighted by Crippen LogP contribution is 2.21. The van der Waals surface area contributed by atoms with Crippen LogP contribution in [0.2, 0.25) is 5.02 Å². The Kier molecular flexibility index (Phi) is 7.40. The average molecular weight is 439 g/mol. The third kappa shape index (κ3) is 5.50. The van der Waals surface area contributed by atoms with E-state index in [0.29, 0.717) is 25.2 Å². The number of amides is 1. The maximum atomic E-state index is 12.5. The lowest BCUT2D eigenvalue weighted by Crippen LogP contribution is -2.28. The molecular weight excluding hydrogens is 416 g/mol. The van der Waals surface area contributed by atoms with Gasteiger partial charge < -0.3 is 5.32 Å². The molecule has 1 N–H and O–H groups in total. The van der Waals surface area contributed by atoms with Gasteiger partial charge in [-0.25, -0.2) is 8.42 Å². The van der Waals surface area contributed by atoms with Gasteiger partial charge in [-0.05, 0) is 54.8 Å². The summed E-state index contributed by atoms with van der Waals surface area (Å²) in [5, 5.41) is 3.59. The molecule has 1 aliphatic heterocycles. The molecule has 1 saturated heterocycles. The largest absolute Gasteiger partial charge is 0.351 e. The minimum absolute atomic E-state index is 0.197. The van der Waals surface area contributed by atoms with Gasteiger partial charge in [-0.1, -0.05) is 23.7 Å². The van der Waals surface area contributed by atoms with Gasteiger partial charge in [-0.2, -0.15) is 16.1 Å². The molecule has 2 aromatic rings. The summed E-state index contributed by atoms with van der Waals surface area (Å²) in [6.45, 7) is 1.68. The van der Waals surface area contributed by atoms with Gasteiger partial charge in [0, 0.05) is 41.7 Å². The Morgan fingerprint density at radius 1 is 1.04 bits per heavy atom. The zero-order valence-corrected chi connectivity index (χ0v) is 17.8. The normalized spacial score (nSPS) is 14.9. The number of carbonyl (C=O) groups excluding carboxylic acids is 1. The van der Waals surface area contributed by atoms with E-state index in [-0.39, 0.29) is 10.8 Å². The second kappa shape index (κ2) is 9.78. The Hall–Kier alpha value is -1.54. The third-order valence-electron chi connectivity index (χ3n) is 4.53. The van der Waals surface area contributed by atoms with E-state index in [2.05, 4.69) is 5.32 Å². The van der Waals surface area contributed by atoms with E-state index in [1.807, 2.05) is 24.3 Å². The zero-order chi connectivity index (χ0) is 20.0. The van der Waals surface area contributed by atoms with Gasteiger partial charge in [0.2, 0.25) is 10.0 Å². The molecular formula is C20H23ClN2O3S2. The first-order chi connectivity index (χ1) is 13.5. The van der Waals surface area contributed by atoms with Gasteiger partial charge in [-0.15, -0.1) is 0 Å². The highest BCUT2D eigenvalue weighted by Gasteiger charge is 2.27. The molecule has 0 aliphatic carbocycles. The number of benzene rings is 2. The molecule has 8 heteroatoms. The molecule has 1 amide bonds. The smallest absolute Gasteiger partial charge is 0.251 e. The predicted molar refractivity (Wildman–Crippen MR) is 114 cm³/mol. The fraction of sp³-hybridized carbons (Fsp3) is 0.350. The van der Waals surface area contributed by atoms with Crippen molar-refractivity contribution in [2.24, 2.45) is 0 Å². The summed E-state index contributed by atoms with van der Waals surface area (Å²) >= 11 is 7.59. The van der Waals surface area contributed by atoms with Crippen LogP contribution in [0.15, 0.2) is 53.4 Å². The Bertz CT molecular complexity index is 894. The molecule has 0 spiro atoms. The van der Waals surface area contributed by atoms with Crippen LogP contribution in [-0.4, -0.2) is 44.0 Å². The molecule has 0 atom stereocenters. The topological polar surface area (TPSA) is 66.5 Å². The second-order valence-corrected chi connectivity index (χ2v) is 10.1. The number of nitrogens with zero attached hydrogens (tertiary/aromatic N) is 1. The number of sulfonamides is 1. The summed E-state index contributed by atoms with van der Waals surface area (Å²) in [6, 6.07) is 13.9. The molecule has 1 aliphatic rings. The predicted octanol–water partition coefficient (Wildman–Crippen LogP) is 3.79. The standard InChI is InChI=1S/C20H23ClN2O3S2/c21-18-7-3-16(4-8-18)15-27-14-11-22-20(24)17-5-9-19(10-6-17)28(25,26)23-12-1-2-13-23/h3-10H,1-2,11-15H2,(H,22,24). The van der Waals surface area contributed by atoms with E-state index in [0.717, 1.165) is 29.4 Å². The zero-order valence-electron chi connectivity index (χ0n) is 15.4. The summed E-state index contributed by atoms with van der Waals surface area (Å²) in [7, 11) is -3.44. The van der Waals surface area contributed by atoms with E-state index in [9.17, 15) is 13.2 Å². The second-order valence-electron chi connectivity index (χ2n) is 6.57. The van der Waals surface area contributed by atoms with Gasteiger partial charge in [0.05, 0.1) is 4.90 Å². The Morgan fingerprint density at radius 2 is 1.68 bits per heavy atom. The molecule has 3 rings (SSSR count). The van der Waals surface area contributed by atoms with Gasteiger partial charge in [0.1, 0.15) is 0 Å². The number of halogens is 1. The number of carbonyl (C=O) groups is 1. The number of rotatable bonds is 8. The highest BCUT2D eigenvalue weighted by molar-refractivity contribution is 7.98. The van der Waals surface area contributed by atoms with Crippen LogP contribution in [0.25, 0.3) is 0 Å². The van der Waals surface area contributed by atoms with E-state index >= 15 is 0 Å². The molecule has 0 unspecified atom stereocenters. The lowest BCUT2D eigenvalue weighted by molar-refractivity contribution is 0.0956. The average Bonchev–Trinajstić information content (AvgIpc) is 3.25. The van der Waals surface area contributed by atoms with Crippen molar-refractivity contribution in [2.45, 2.75) is 23.5 Å². The van der Waals surface area contributed by atoms with E-state index in [1.54, 1.807) is 23.9 Å². The number of thioether (sulfide) groups is 1. The fourth-order valence-corrected chi connectivity index (χ4v) is 5.43. The number of nitrogens with one attached hydrogen (secondary N) is 1. The summed E-state index contributed by atoms with van der Waals surface area (Å²) in [5.74, 6) is 1.45. The van der Waals surface area contributed by atoms with Crippen LogP contribution in [0.5, 0.6) is 0 Å². The first-order valence-electron chi connectivity index (χ1n) is 9.17. The molecule has 5 nitrogen and oxygen atoms in total. The maximum Gasteiger partial charge on any atom is 0.251 e. The summed E-state index contributed by atoms with van der Waals surface area (Å²) in [6.07, 6.45) is 1.80. The van der Waals surface area contributed by atoms with Gasteiger partial charge in [0.25, 0.3) is 5.91 Å². The molecule has 0 saturated carbocycles. The van der Waals surface area contributed by atoms with Crippen LogP contribution in [0.4, 0.5) is 0 Å². The molecule has 1 fully saturated rings. The molecule has 28 heavy (non-hydrogen) atoms. The first-order valence-corrected chi connectivity index (χ1v) is 12.1. The van der Waals surface area contributed by atoms with Gasteiger partial charge in [0.15, 0.2) is 0 Å². The van der Waals surface area contributed by atoms with Crippen molar-refractivity contribution in [1.82, 2.24) is 9.62 Å². The highest BCUT2D eigenvalue weighted by atomic mass is 35.5. The molecule has 0 radical (unpaired) electrons. The fourth-order valence-electron chi connectivity index (χ4n) is 2.97. The Balaban J connectivity index is 1.45. The minimum atomic E-state index is -3.44. The summed E-state index contributed by atoms with van der Waals surface area (Å²) in [4.78, 5) is 12.5. The van der Waals surface area contributed by atoms with Crippen molar-refractivity contribution in [2.75, 3.05) is 25.4 Å². The lowest BCUT2D eigenvalue weighted by atomic mass is 10.2. The molecule has 0 bridgehead atoms. The van der Waals surface area contributed by atoms with Crippen LogP contribution in [-0.2, 0) is 15.8 Å². The molecule has 150 valence electrons. The summed E-state index contributed by atoms with van der Waals surface area (Å²) < 4.78 is 26.5. The van der Waals surface area contributed by atoms with Crippen LogP contribution in [0.1, 0.15) is 28.8 Å². The van der Waals surface area contributed by atoms with Crippen molar-refractivity contribution in [3.63, 3.8) is 0 Å². The van der Waals surface area contributed by atoms with Crippen molar-refractivity contribution < 1.29 is 13.2 Å². The Labute approximate surface area is 175 Å². The SMILES string of the molecule is O=C(NCCSCc1ccc(Cl)cc1)c1ccc(S(=O)(=O)N2CCCC2)cc1. The number of hydrogen-bond acceptors (Lipinski definition) is 4.